The van der Waals surface area contributed by atoms with E-state index in [0.29, 0.717) is 6.42 Å². The molecule has 3 N–H and O–H groups in total. The Morgan fingerprint density at radius 1 is 0.434 bits per heavy atom. The van der Waals surface area contributed by atoms with E-state index in [0.717, 1.165) is 38.5 Å². The summed E-state index contributed by atoms with van der Waals surface area (Å²) < 4.78 is 0. The number of carbonyl (C=O) groups is 1. The van der Waals surface area contributed by atoms with E-state index in [1.165, 1.54) is 193 Å². The number of aliphatic hydroxyl groups is 2. The number of allylic oxidation sites excluding steroid dienone is 5. The van der Waals surface area contributed by atoms with E-state index in [1.807, 2.05) is 6.08 Å². The fraction of sp³-hybridized carbons (Fsp3) is 0.857. The van der Waals surface area contributed by atoms with Crippen molar-refractivity contribution >= 4 is 5.91 Å². The quantitative estimate of drug-likeness (QED) is 0.0430. The highest BCUT2D eigenvalue weighted by molar-refractivity contribution is 5.76. The summed E-state index contributed by atoms with van der Waals surface area (Å²) >= 11 is 0. The van der Waals surface area contributed by atoms with Gasteiger partial charge in [0.1, 0.15) is 0 Å². The van der Waals surface area contributed by atoms with Crippen LogP contribution in [0, 0.1) is 0 Å². The lowest BCUT2D eigenvalue weighted by Crippen LogP contribution is -2.45. The van der Waals surface area contributed by atoms with E-state index in [4.69, 9.17) is 0 Å². The summed E-state index contributed by atoms with van der Waals surface area (Å²) in [5.74, 6) is -0.0757. The average molecular weight is 744 g/mol. The zero-order chi connectivity index (χ0) is 38.6. The van der Waals surface area contributed by atoms with Crippen LogP contribution in [-0.4, -0.2) is 34.9 Å². The molecule has 1 amide bonds. The van der Waals surface area contributed by atoms with Crippen molar-refractivity contribution in [1.29, 1.82) is 0 Å². The Labute approximate surface area is 331 Å². The summed E-state index contributed by atoms with van der Waals surface area (Å²) in [6.07, 6.45) is 59.9. The first kappa shape index (κ1) is 51.6. The Kier molecular flexibility index (Phi) is 43.8. The molecule has 2 atom stereocenters. The van der Waals surface area contributed by atoms with E-state index in [-0.39, 0.29) is 12.5 Å². The van der Waals surface area contributed by atoms with Gasteiger partial charge < -0.3 is 15.5 Å². The van der Waals surface area contributed by atoms with Crippen LogP contribution in [-0.2, 0) is 4.79 Å². The van der Waals surface area contributed by atoms with Gasteiger partial charge in [0.2, 0.25) is 5.91 Å². The lowest BCUT2D eigenvalue weighted by Gasteiger charge is -2.19. The Bertz CT molecular complexity index is 806. The first-order valence-corrected chi connectivity index (χ1v) is 23.7. The molecule has 0 aliphatic carbocycles. The predicted octanol–water partition coefficient (Wildman–Crippen LogP) is 15.0. The maximum Gasteiger partial charge on any atom is 0.220 e. The van der Waals surface area contributed by atoms with Crippen molar-refractivity contribution in [2.24, 2.45) is 0 Å². The minimum absolute atomic E-state index is 0.0757. The third-order valence-corrected chi connectivity index (χ3v) is 10.9. The zero-order valence-corrected chi connectivity index (χ0v) is 35.8. The van der Waals surface area contributed by atoms with Gasteiger partial charge in [-0.15, -0.1) is 0 Å². The van der Waals surface area contributed by atoms with E-state index in [1.54, 1.807) is 6.08 Å². The van der Waals surface area contributed by atoms with E-state index < -0.39 is 12.1 Å². The predicted molar refractivity (Wildman–Crippen MR) is 235 cm³/mol. The van der Waals surface area contributed by atoms with Crippen LogP contribution >= 0.6 is 0 Å². The molecule has 0 aliphatic heterocycles. The van der Waals surface area contributed by atoms with Crippen molar-refractivity contribution in [1.82, 2.24) is 5.32 Å². The highest BCUT2D eigenvalue weighted by Crippen LogP contribution is 2.16. The number of nitrogens with one attached hydrogen (secondary N) is 1. The smallest absolute Gasteiger partial charge is 0.220 e. The standard InChI is InChI=1S/C49H93NO3/c1-3-5-7-9-11-13-15-17-19-20-21-22-23-24-25-26-27-28-29-31-32-34-36-38-40-42-44-48(52)47(46-51)50-49(53)45-43-41-39-37-35-33-30-18-16-14-12-10-8-6-4-2/h28-29,34,36,42,44,47-48,51-52H,3-27,30-33,35,37-41,43,45-46H2,1-2H3,(H,50,53)/b29-28+,36-34+,44-42+. The molecular weight excluding hydrogens is 651 g/mol. The fourth-order valence-corrected chi connectivity index (χ4v) is 7.21. The highest BCUT2D eigenvalue weighted by atomic mass is 16.3. The van der Waals surface area contributed by atoms with Crippen LogP contribution in [0.5, 0.6) is 0 Å². The number of aliphatic hydroxyl groups excluding tert-OH is 2. The minimum Gasteiger partial charge on any atom is -0.394 e. The molecule has 0 rings (SSSR count). The van der Waals surface area contributed by atoms with Gasteiger partial charge in [-0.25, -0.2) is 0 Å². The maximum atomic E-state index is 12.4. The molecule has 0 radical (unpaired) electrons. The number of unbranched alkanes of at least 4 members (excludes halogenated alkanes) is 32. The number of amides is 1. The Morgan fingerprint density at radius 2 is 0.736 bits per heavy atom. The van der Waals surface area contributed by atoms with Crippen LogP contribution in [0.15, 0.2) is 36.5 Å². The van der Waals surface area contributed by atoms with Crippen molar-refractivity contribution in [3.63, 3.8) is 0 Å². The van der Waals surface area contributed by atoms with E-state index in [9.17, 15) is 15.0 Å². The first-order valence-electron chi connectivity index (χ1n) is 23.7. The third kappa shape index (κ3) is 41.6. The van der Waals surface area contributed by atoms with Crippen LogP contribution < -0.4 is 5.32 Å². The molecular formula is C49H93NO3. The second-order valence-electron chi connectivity index (χ2n) is 16.2. The number of carbonyl (C=O) groups excluding carboxylic acids is 1. The molecule has 0 saturated heterocycles. The Balaban J connectivity index is 3.59. The molecule has 53 heavy (non-hydrogen) atoms. The molecule has 4 nitrogen and oxygen atoms in total. The molecule has 0 fully saturated rings. The van der Waals surface area contributed by atoms with Crippen molar-refractivity contribution in [3.05, 3.63) is 36.5 Å². The monoisotopic (exact) mass is 744 g/mol. The van der Waals surface area contributed by atoms with Gasteiger partial charge in [0.05, 0.1) is 18.8 Å². The van der Waals surface area contributed by atoms with Crippen LogP contribution in [0.2, 0.25) is 0 Å². The largest absolute Gasteiger partial charge is 0.394 e. The molecule has 4 heteroatoms. The minimum atomic E-state index is -0.867. The fourth-order valence-electron chi connectivity index (χ4n) is 7.21. The Morgan fingerprint density at radius 3 is 1.09 bits per heavy atom. The SMILES string of the molecule is CCCCCCCCCCCCCCCCCC/C=C/CC/C=C/CC/C=C/C(O)C(CO)NC(=O)CCCCCCCCCCCCCCCCC. The molecule has 312 valence electrons. The number of hydrogen-bond donors (Lipinski definition) is 3. The van der Waals surface area contributed by atoms with Gasteiger partial charge >= 0.3 is 0 Å². The topological polar surface area (TPSA) is 69.6 Å². The highest BCUT2D eigenvalue weighted by Gasteiger charge is 2.17. The van der Waals surface area contributed by atoms with E-state index >= 15 is 0 Å². The number of hydrogen-bond acceptors (Lipinski definition) is 3. The van der Waals surface area contributed by atoms with E-state index in [2.05, 4.69) is 43.5 Å². The summed E-state index contributed by atoms with van der Waals surface area (Å²) in [5, 5.41) is 23.0. The van der Waals surface area contributed by atoms with Crippen molar-refractivity contribution in [2.75, 3.05) is 6.61 Å². The molecule has 0 bridgehead atoms. The van der Waals surface area contributed by atoms with Crippen LogP contribution in [0.25, 0.3) is 0 Å². The lowest BCUT2D eigenvalue weighted by atomic mass is 10.0. The Hall–Kier alpha value is -1.39. The van der Waals surface area contributed by atoms with Crippen molar-refractivity contribution in [3.8, 4) is 0 Å². The summed E-state index contributed by atoms with van der Waals surface area (Å²) in [6, 6.07) is -0.642. The maximum absolute atomic E-state index is 12.4. The molecule has 0 saturated carbocycles. The van der Waals surface area contributed by atoms with Gasteiger partial charge in [0.15, 0.2) is 0 Å². The van der Waals surface area contributed by atoms with Crippen LogP contribution in [0.1, 0.15) is 251 Å². The summed E-state index contributed by atoms with van der Waals surface area (Å²) in [7, 11) is 0. The second kappa shape index (κ2) is 45.0. The molecule has 0 aliphatic rings. The van der Waals surface area contributed by atoms with Gasteiger partial charge in [-0.3, -0.25) is 4.79 Å². The lowest BCUT2D eigenvalue weighted by molar-refractivity contribution is -0.123. The molecule has 0 spiro atoms. The van der Waals surface area contributed by atoms with Gasteiger partial charge in [0, 0.05) is 6.42 Å². The van der Waals surface area contributed by atoms with Crippen molar-refractivity contribution in [2.45, 2.75) is 264 Å². The average Bonchev–Trinajstić information content (AvgIpc) is 3.16. The molecule has 0 aromatic carbocycles. The van der Waals surface area contributed by atoms with Crippen LogP contribution in [0.4, 0.5) is 0 Å². The summed E-state index contributed by atoms with van der Waals surface area (Å²) in [5.41, 5.74) is 0. The molecule has 2 unspecified atom stereocenters. The molecule has 0 aromatic heterocycles. The third-order valence-electron chi connectivity index (χ3n) is 10.9. The van der Waals surface area contributed by atoms with Gasteiger partial charge in [0.25, 0.3) is 0 Å². The van der Waals surface area contributed by atoms with Gasteiger partial charge in [-0.05, 0) is 44.9 Å². The van der Waals surface area contributed by atoms with Gasteiger partial charge in [-0.2, -0.15) is 0 Å². The summed E-state index contributed by atoms with van der Waals surface area (Å²) in [4.78, 5) is 12.4. The molecule has 0 heterocycles. The van der Waals surface area contributed by atoms with Crippen molar-refractivity contribution < 1.29 is 15.0 Å². The molecule has 0 aromatic rings. The van der Waals surface area contributed by atoms with Crippen LogP contribution in [0.3, 0.4) is 0 Å². The van der Waals surface area contributed by atoms with Gasteiger partial charge in [-0.1, -0.05) is 237 Å². The summed E-state index contributed by atoms with van der Waals surface area (Å²) in [6.45, 7) is 4.31. The zero-order valence-electron chi connectivity index (χ0n) is 35.8. The number of rotatable bonds is 43. The second-order valence-corrected chi connectivity index (χ2v) is 16.2. The first-order chi connectivity index (χ1) is 26.2. The normalized spacial score (nSPS) is 13.2.